The Morgan fingerprint density at radius 3 is 2.90 bits per heavy atom. The molecule has 1 fully saturated rings. The van der Waals surface area contributed by atoms with Crippen LogP contribution < -0.4 is 4.74 Å². The molecule has 29 heavy (non-hydrogen) atoms. The first-order valence-corrected chi connectivity index (χ1v) is 10.6. The molecular formula is C21H25ClN2O4S. The van der Waals surface area contributed by atoms with E-state index < -0.39 is 0 Å². The van der Waals surface area contributed by atoms with Crippen molar-refractivity contribution in [3.05, 3.63) is 50.5 Å². The second-order valence-electron chi connectivity index (χ2n) is 6.81. The number of halogens is 1. The van der Waals surface area contributed by atoms with Gasteiger partial charge in [0, 0.05) is 29.9 Å². The highest BCUT2D eigenvalue weighted by Gasteiger charge is 2.31. The van der Waals surface area contributed by atoms with E-state index in [4.69, 9.17) is 25.9 Å². The average Bonchev–Trinajstić information content (AvgIpc) is 3.32. The lowest BCUT2D eigenvalue weighted by Gasteiger charge is -2.24. The Balaban J connectivity index is 1.94. The van der Waals surface area contributed by atoms with Crippen LogP contribution in [0.25, 0.3) is 0 Å². The third kappa shape index (κ3) is 4.97. The molecule has 0 aliphatic carbocycles. The predicted octanol–water partition coefficient (Wildman–Crippen LogP) is 4.85. The van der Waals surface area contributed by atoms with Crippen molar-refractivity contribution in [2.24, 2.45) is 5.16 Å². The van der Waals surface area contributed by atoms with E-state index in [1.807, 2.05) is 13.8 Å². The summed E-state index contributed by atoms with van der Waals surface area (Å²) >= 11 is 7.61. The van der Waals surface area contributed by atoms with E-state index in [9.17, 15) is 4.79 Å². The van der Waals surface area contributed by atoms with Crippen LogP contribution in [-0.2, 0) is 9.57 Å². The van der Waals surface area contributed by atoms with Gasteiger partial charge in [0.1, 0.15) is 12.9 Å². The number of ether oxygens (including phenoxy) is 2. The number of nitrogens with zero attached hydrogens (tertiary/aromatic N) is 2. The number of thioether (sulfide) groups is 1. The number of ketones is 1. The number of hydrogen-bond acceptors (Lipinski definition) is 7. The van der Waals surface area contributed by atoms with E-state index in [0.717, 1.165) is 40.8 Å². The molecule has 2 aliphatic rings. The zero-order valence-electron chi connectivity index (χ0n) is 17.0. The Bertz CT molecular complexity index is 875. The second-order valence-corrected chi connectivity index (χ2v) is 8.28. The highest BCUT2D eigenvalue weighted by molar-refractivity contribution is 8.07. The number of carbonyl (C=O) groups excluding carboxylic acids is 1. The first kappa shape index (κ1) is 21.7. The Kier molecular flexibility index (Phi) is 7.27. The lowest BCUT2D eigenvalue weighted by molar-refractivity contribution is 0.0923. The summed E-state index contributed by atoms with van der Waals surface area (Å²) in [5.74, 6) is 0.325. The van der Waals surface area contributed by atoms with Gasteiger partial charge in [-0.3, -0.25) is 4.79 Å². The van der Waals surface area contributed by atoms with E-state index in [0.29, 0.717) is 22.9 Å². The van der Waals surface area contributed by atoms with Crippen LogP contribution in [0.1, 0.15) is 37.0 Å². The summed E-state index contributed by atoms with van der Waals surface area (Å²) < 4.78 is 11.2. The largest absolute Gasteiger partial charge is 0.496 e. The molecule has 6 nitrogen and oxygen atoms in total. The number of hydrogen-bond donors (Lipinski definition) is 0. The molecule has 0 aromatic heterocycles. The zero-order chi connectivity index (χ0) is 21.0. The minimum Gasteiger partial charge on any atom is -0.496 e. The Hall–Kier alpha value is -1.96. The van der Waals surface area contributed by atoms with Crippen molar-refractivity contribution in [2.75, 3.05) is 27.4 Å². The van der Waals surface area contributed by atoms with Gasteiger partial charge in [-0.15, -0.1) is 0 Å². The molecule has 0 saturated carbocycles. The maximum Gasteiger partial charge on any atom is 0.192 e. The minimum atomic E-state index is -0.167. The van der Waals surface area contributed by atoms with E-state index in [1.54, 1.807) is 24.3 Å². The van der Waals surface area contributed by atoms with Gasteiger partial charge in [-0.2, -0.15) is 0 Å². The van der Waals surface area contributed by atoms with Crippen LogP contribution in [0.2, 0.25) is 5.02 Å². The summed E-state index contributed by atoms with van der Waals surface area (Å²) in [6, 6.07) is 5.03. The summed E-state index contributed by atoms with van der Waals surface area (Å²) in [4.78, 5) is 21.1. The monoisotopic (exact) mass is 436 g/mol. The second kappa shape index (κ2) is 9.69. The van der Waals surface area contributed by atoms with Crippen molar-refractivity contribution in [3.8, 4) is 5.75 Å². The van der Waals surface area contributed by atoms with Crippen molar-refractivity contribution in [1.82, 2.24) is 4.90 Å². The average molecular weight is 437 g/mol. The molecule has 0 amide bonds. The van der Waals surface area contributed by atoms with Gasteiger partial charge in [0.2, 0.25) is 0 Å². The highest BCUT2D eigenvalue weighted by atomic mass is 35.5. The normalized spacial score (nSPS) is 21.3. The van der Waals surface area contributed by atoms with Crippen LogP contribution in [0.3, 0.4) is 0 Å². The van der Waals surface area contributed by atoms with E-state index in [-0.39, 0.29) is 11.9 Å². The quantitative estimate of drug-likeness (QED) is 0.263. The first-order valence-electron chi connectivity index (χ1n) is 9.40. The molecule has 8 heteroatoms. The number of oxime groups is 1. The fraction of sp³-hybridized carbons (Fsp3) is 0.429. The van der Waals surface area contributed by atoms with E-state index >= 15 is 0 Å². The van der Waals surface area contributed by atoms with Crippen LogP contribution in [0.4, 0.5) is 0 Å². The van der Waals surface area contributed by atoms with E-state index in [1.165, 1.54) is 26.0 Å². The molecule has 1 aromatic rings. The van der Waals surface area contributed by atoms with Crippen LogP contribution in [0.15, 0.2) is 45.1 Å². The maximum absolute atomic E-state index is 13.1. The van der Waals surface area contributed by atoms with Gasteiger partial charge < -0.3 is 19.2 Å². The van der Waals surface area contributed by atoms with Gasteiger partial charge in [0.25, 0.3) is 0 Å². The molecule has 3 rings (SSSR count). The topological polar surface area (TPSA) is 60.4 Å². The Labute approximate surface area is 180 Å². The van der Waals surface area contributed by atoms with Crippen molar-refractivity contribution < 1.29 is 19.1 Å². The molecule has 1 atom stereocenters. The fourth-order valence-electron chi connectivity index (χ4n) is 3.42. The van der Waals surface area contributed by atoms with Crippen LogP contribution in [0.5, 0.6) is 5.75 Å². The van der Waals surface area contributed by atoms with Crippen molar-refractivity contribution in [2.45, 2.75) is 32.8 Å². The molecule has 2 heterocycles. The lowest BCUT2D eigenvalue weighted by Crippen LogP contribution is -2.28. The summed E-state index contributed by atoms with van der Waals surface area (Å²) in [6.07, 6.45) is 3.84. The SMILES string of the molecule is CO/N=C(/C)C1=C(C)N(CC2CCCO2)/C(=C/C(=O)c2cc(Cl)ccc2OC)S1. The van der Waals surface area contributed by atoms with Gasteiger partial charge in [-0.25, -0.2) is 0 Å². The molecule has 0 spiro atoms. The number of benzene rings is 1. The zero-order valence-corrected chi connectivity index (χ0v) is 18.6. The number of allylic oxidation sites excluding steroid dienone is 3. The number of rotatable bonds is 7. The minimum absolute atomic E-state index is 0.142. The molecule has 0 radical (unpaired) electrons. The first-order chi connectivity index (χ1) is 13.9. The summed E-state index contributed by atoms with van der Waals surface area (Å²) in [6.45, 7) is 5.39. The van der Waals surface area contributed by atoms with Gasteiger partial charge in [-0.1, -0.05) is 28.5 Å². The molecule has 1 unspecified atom stereocenters. The number of methoxy groups -OCH3 is 1. The predicted molar refractivity (Wildman–Crippen MR) is 117 cm³/mol. The molecule has 2 aliphatic heterocycles. The van der Waals surface area contributed by atoms with Crippen molar-refractivity contribution in [3.63, 3.8) is 0 Å². The maximum atomic E-state index is 13.1. The molecule has 156 valence electrons. The van der Waals surface area contributed by atoms with Crippen molar-refractivity contribution in [1.29, 1.82) is 0 Å². The molecule has 1 saturated heterocycles. The van der Waals surface area contributed by atoms with E-state index in [2.05, 4.69) is 10.1 Å². The van der Waals surface area contributed by atoms with Gasteiger partial charge >= 0.3 is 0 Å². The molecule has 1 aromatic carbocycles. The third-order valence-corrected chi connectivity index (χ3v) is 6.43. The number of carbonyl (C=O) groups is 1. The van der Waals surface area contributed by atoms with Crippen molar-refractivity contribution >= 4 is 34.9 Å². The molecular weight excluding hydrogens is 412 g/mol. The Morgan fingerprint density at radius 2 is 2.24 bits per heavy atom. The van der Waals surface area contributed by atoms with Crippen LogP contribution >= 0.6 is 23.4 Å². The van der Waals surface area contributed by atoms with Gasteiger partial charge in [0.05, 0.1) is 34.4 Å². The summed E-state index contributed by atoms with van der Waals surface area (Å²) in [7, 11) is 3.06. The fourth-order valence-corrected chi connectivity index (χ4v) is 4.74. The lowest BCUT2D eigenvalue weighted by atomic mass is 10.1. The van der Waals surface area contributed by atoms with Gasteiger partial charge in [0.15, 0.2) is 5.78 Å². The van der Waals surface area contributed by atoms with Gasteiger partial charge in [-0.05, 0) is 44.9 Å². The van der Waals surface area contributed by atoms with Crippen LogP contribution in [0, 0.1) is 0 Å². The standard InChI is InChI=1S/C21H25ClN2O4S/c1-13(23-27-4)21-14(2)24(12-16-6-5-9-28-16)20(29-21)11-18(25)17-10-15(22)7-8-19(17)26-3/h7-8,10-11,16H,5-6,9,12H2,1-4H3/b20-11-,23-13-. The summed E-state index contributed by atoms with van der Waals surface area (Å²) in [5.41, 5.74) is 2.22. The molecule has 0 bridgehead atoms. The highest BCUT2D eigenvalue weighted by Crippen LogP contribution is 2.42. The summed E-state index contributed by atoms with van der Waals surface area (Å²) in [5, 5.41) is 5.38. The van der Waals surface area contributed by atoms with Crippen LogP contribution in [-0.4, -0.2) is 49.9 Å². The molecule has 0 N–H and O–H groups in total. The third-order valence-electron chi connectivity index (χ3n) is 4.85. The Morgan fingerprint density at radius 1 is 1.45 bits per heavy atom. The smallest absolute Gasteiger partial charge is 0.192 e.